The highest BCUT2D eigenvalue weighted by molar-refractivity contribution is 7.88. The third-order valence-corrected chi connectivity index (χ3v) is 6.15. The minimum absolute atomic E-state index is 0.0303. The number of halogens is 6. The molecular weight excluding hydrogens is 526 g/mol. The van der Waals surface area contributed by atoms with Crippen LogP contribution >= 0.6 is 0 Å². The van der Waals surface area contributed by atoms with Crippen molar-refractivity contribution in [2.24, 2.45) is 0 Å². The van der Waals surface area contributed by atoms with Crippen LogP contribution in [0.25, 0.3) is 12.2 Å². The summed E-state index contributed by atoms with van der Waals surface area (Å²) in [6.07, 6.45) is 5.66. The Kier molecular flexibility index (Phi) is 8.32. The van der Waals surface area contributed by atoms with Gasteiger partial charge in [-0.05, 0) is 55.7 Å². The van der Waals surface area contributed by atoms with Gasteiger partial charge in [0.05, 0.1) is 0 Å². The first-order valence-corrected chi connectivity index (χ1v) is 12.3. The van der Waals surface area contributed by atoms with E-state index in [0.717, 1.165) is 12.1 Å². The van der Waals surface area contributed by atoms with Gasteiger partial charge in [-0.2, -0.15) is 43.2 Å². The largest absolute Gasteiger partial charge is 0.534 e. The summed E-state index contributed by atoms with van der Waals surface area (Å²) in [5.41, 5.74) is -10.2. The number of hydrogen-bond donors (Lipinski definition) is 0. The highest BCUT2D eigenvalue weighted by atomic mass is 32.2. The highest BCUT2D eigenvalue weighted by Crippen LogP contribution is 2.32. The van der Waals surface area contributed by atoms with Gasteiger partial charge in [-0.25, -0.2) is 0 Å². The van der Waals surface area contributed by atoms with E-state index in [0.29, 0.717) is 11.1 Å². The van der Waals surface area contributed by atoms with Gasteiger partial charge in [0, 0.05) is 11.1 Å². The van der Waals surface area contributed by atoms with Crippen LogP contribution in [-0.4, -0.2) is 27.9 Å². The molecule has 2 aromatic rings. The topological polar surface area (TPSA) is 86.7 Å². The van der Waals surface area contributed by atoms with Crippen molar-refractivity contribution in [1.29, 1.82) is 0 Å². The van der Waals surface area contributed by atoms with Crippen LogP contribution in [-0.2, 0) is 26.7 Å². The van der Waals surface area contributed by atoms with E-state index < -0.39 is 42.8 Å². The Labute approximate surface area is 197 Å². The van der Waals surface area contributed by atoms with E-state index in [2.05, 4.69) is 8.37 Å². The molecule has 0 aliphatic rings. The van der Waals surface area contributed by atoms with E-state index in [1.807, 2.05) is 0 Å². The second-order valence-corrected chi connectivity index (χ2v) is 9.96. The Bertz CT molecular complexity index is 1240. The smallest absolute Gasteiger partial charge is 0.375 e. The number of hydrogen-bond acceptors (Lipinski definition) is 6. The summed E-state index contributed by atoms with van der Waals surface area (Å²) in [5.74, 6) is -1.11. The van der Waals surface area contributed by atoms with E-state index in [9.17, 15) is 43.2 Å². The third kappa shape index (κ3) is 7.01. The molecule has 0 spiro atoms. The zero-order valence-corrected chi connectivity index (χ0v) is 19.6. The highest BCUT2D eigenvalue weighted by Gasteiger charge is 2.49. The monoisotopic (exact) mass is 544 g/mol. The molecule has 0 fully saturated rings. The Balaban J connectivity index is 2.41. The lowest BCUT2D eigenvalue weighted by Gasteiger charge is -2.14. The van der Waals surface area contributed by atoms with Gasteiger partial charge in [0.1, 0.15) is 11.5 Å². The van der Waals surface area contributed by atoms with Gasteiger partial charge >= 0.3 is 31.3 Å². The fraction of sp³-hybridized carbons (Fsp3) is 0.238. The van der Waals surface area contributed by atoms with Crippen LogP contribution in [0.4, 0.5) is 26.3 Å². The summed E-state index contributed by atoms with van der Waals surface area (Å²) in [6.45, 7) is 3.09. The average molecular weight is 544 g/mol. The van der Waals surface area contributed by atoms with E-state index in [4.69, 9.17) is 0 Å². The predicted octanol–water partition coefficient (Wildman–Crippen LogP) is 5.80. The molecule has 35 heavy (non-hydrogen) atoms. The maximum absolute atomic E-state index is 12.7. The fourth-order valence-corrected chi connectivity index (χ4v) is 3.72. The first-order chi connectivity index (χ1) is 16.0. The molecule has 6 nitrogen and oxygen atoms in total. The third-order valence-electron chi connectivity index (χ3n) is 4.22. The Hall–Kier alpha value is -3.00. The molecule has 0 N–H and O–H groups in total. The average Bonchev–Trinajstić information content (AvgIpc) is 2.70. The summed E-state index contributed by atoms with van der Waals surface area (Å²) >= 11 is 0. The van der Waals surface area contributed by atoms with E-state index in [-0.39, 0.29) is 17.5 Å². The molecule has 0 unspecified atom stereocenters. The SMILES string of the molecule is C/C=C\c1cc(Cc2ccc(OS(=O)(=O)C(F)(F)F)c(/C=C\C)c2)ccc1OS(=O)(=O)C(F)(F)F. The molecule has 0 aliphatic heterocycles. The molecule has 2 rings (SSSR count). The van der Waals surface area contributed by atoms with Crippen molar-refractivity contribution >= 4 is 32.4 Å². The standard InChI is InChI=1S/C21H18F6O6S2/c1-3-5-16-12-14(7-9-18(16)32-34(28,29)20(22,23)24)11-15-8-10-19(17(13-15)6-4-2)33-35(30,31)21(25,26)27/h3-10,12-13H,11H2,1-2H3/b5-3-,6-4-. The van der Waals surface area contributed by atoms with E-state index in [1.165, 1.54) is 48.6 Å². The van der Waals surface area contributed by atoms with Gasteiger partial charge in [-0.15, -0.1) is 0 Å². The molecule has 192 valence electrons. The first-order valence-electron chi connectivity index (χ1n) is 9.53. The van der Waals surface area contributed by atoms with Crippen molar-refractivity contribution in [2.45, 2.75) is 31.3 Å². The molecule has 0 bridgehead atoms. The van der Waals surface area contributed by atoms with Crippen LogP contribution in [0.5, 0.6) is 11.5 Å². The molecule has 0 amide bonds. The van der Waals surface area contributed by atoms with Crippen molar-refractivity contribution in [2.75, 3.05) is 0 Å². The van der Waals surface area contributed by atoms with Crippen LogP contribution in [0.15, 0.2) is 48.6 Å². The molecule has 2 aromatic carbocycles. The van der Waals surface area contributed by atoms with Crippen molar-refractivity contribution in [3.8, 4) is 11.5 Å². The molecule has 0 saturated heterocycles. The molecular formula is C21H18F6O6S2. The zero-order chi connectivity index (χ0) is 26.7. The summed E-state index contributed by atoms with van der Waals surface area (Å²) < 4.78 is 130. The van der Waals surface area contributed by atoms with Crippen molar-refractivity contribution in [1.82, 2.24) is 0 Å². The minimum atomic E-state index is -5.89. The lowest BCUT2D eigenvalue weighted by molar-refractivity contribution is -0.0504. The maximum atomic E-state index is 12.7. The second-order valence-electron chi connectivity index (χ2n) is 6.89. The Morgan fingerprint density at radius 1 is 0.686 bits per heavy atom. The van der Waals surface area contributed by atoms with Crippen LogP contribution in [0.2, 0.25) is 0 Å². The minimum Gasteiger partial charge on any atom is -0.375 e. The van der Waals surface area contributed by atoms with Gasteiger partial charge in [-0.3, -0.25) is 0 Å². The number of benzene rings is 2. The summed E-state index contributed by atoms with van der Waals surface area (Å²) in [6, 6.07) is 7.43. The molecule has 0 heterocycles. The molecule has 0 saturated carbocycles. The Morgan fingerprint density at radius 2 is 1.03 bits per heavy atom. The van der Waals surface area contributed by atoms with E-state index in [1.54, 1.807) is 13.8 Å². The maximum Gasteiger partial charge on any atom is 0.534 e. The normalized spacial score (nSPS) is 13.5. The van der Waals surface area contributed by atoms with Crippen LogP contribution < -0.4 is 8.37 Å². The van der Waals surface area contributed by atoms with Gasteiger partial charge in [0.25, 0.3) is 0 Å². The number of alkyl halides is 6. The number of rotatable bonds is 8. The fourth-order valence-electron chi connectivity index (χ4n) is 2.75. The van der Waals surface area contributed by atoms with Gasteiger partial charge < -0.3 is 8.37 Å². The first kappa shape index (κ1) is 28.2. The lowest BCUT2D eigenvalue weighted by Crippen LogP contribution is -2.28. The van der Waals surface area contributed by atoms with Gasteiger partial charge in [-0.1, -0.05) is 36.4 Å². The van der Waals surface area contributed by atoms with Crippen molar-refractivity contribution in [3.63, 3.8) is 0 Å². The van der Waals surface area contributed by atoms with E-state index >= 15 is 0 Å². The predicted molar refractivity (Wildman–Crippen MR) is 116 cm³/mol. The van der Waals surface area contributed by atoms with Crippen molar-refractivity contribution < 1.29 is 51.5 Å². The van der Waals surface area contributed by atoms with Gasteiger partial charge in [0.2, 0.25) is 0 Å². The summed E-state index contributed by atoms with van der Waals surface area (Å²) in [7, 11) is -11.8. The summed E-state index contributed by atoms with van der Waals surface area (Å²) in [4.78, 5) is 0. The van der Waals surface area contributed by atoms with Crippen LogP contribution in [0.3, 0.4) is 0 Å². The second kappa shape index (κ2) is 10.3. The lowest BCUT2D eigenvalue weighted by atomic mass is 10.00. The molecule has 0 aromatic heterocycles. The van der Waals surface area contributed by atoms with Gasteiger partial charge in [0.15, 0.2) is 0 Å². The quantitative estimate of drug-likeness (QED) is 0.237. The summed E-state index contributed by atoms with van der Waals surface area (Å²) in [5, 5.41) is 0. The molecule has 0 aliphatic carbocycles. The van der Waals surface area contributed by atoms with Crippen LogP contribution in [0.1, 0.15) is 36.1 Å². The number of allylic oxidation sites excluding steroid dienone is 2. The van der Waals surface area contributed by atoms with Crippen molar-refractivity contribution in [3.05, 3.63) is 70.8 Å². The Morgan fingerprint density at radius 3 is 1.31 bits per heavy atom. The molecule has 0 atom stereocenters. The van der Waals surface area contributed by atoms with Crippen LogP contribution in [0, 0.1) is 0 Å². The zero-order valence-electron chi connectivity index (χ0n) is 18.0. The molecule has 14 heteroatoms. The molecule has 0 radical (unpaired) electrons.